The van der Waals surface area contributed by atoms with Crippen LogP contribution in [-0.4, -0.2) is 62.0 Å². The third kappa shape index (κ3) is 3.11. The Hall–Kier alpha value is -0.610. The van der Waals surface area contributed by atoms with Crippen LogP contribution in [0.2, 0.25) is 0 Å². The highest BCUT2D eigenvalue weighted by Gasteiger charge is 2.40. The molecule has 0 aromatic heterocycles. The molecule has 19 heavy (non-hydrogen) atoms. The molecule has 1 unspecified atom stereocenters. The molecule has 0 bridgehead atoms. The van der Waals surface area contributed by atoms with Crippen molar-refractivity contribution in [2.45, 2.75) is 45.1 Å². The second kappa shape index (κ2) is 6.23. The second-order valence-electron chi connectivity index (χ2n) is 6.35. The summed E-state index contributed by atoms with van der Waals surface area (Å²) in [4.78, 5) is 17.2. The van der Waals surface area contributed by atoms with Crippen LogP contribution in [0.3, 0.4) is 0 Å². The maximum Gasteiger partial charge on any atom is 0.228 e. The Balaban J connectivity index is 1.96. The largest absolute Gasteiger partial charge is 0.344 e. The van der Waals surface area contributed by atoms with Gasteiger partial charge >= 0.3 is 0 Å². The van der Waals surface area contributed by atoms with Gasteiger partial charge in [0.2, 0.25) is 5.91 Å². The summed E-state index contributed by atoms with van der Waals surface area (Å²) in [5.74, 6) is 0.372. The van der Waals surface area contributed by atoms with Crippen LogP contribution in [-0.2, 0) is 4.79 Å². The number of hydrogen-bond donors (Lipinski definition) is 1. The van der Waals surface area contributed by atoms with E-state index < -0.39 is 0 Å². The molecule has 2 fully saturated rings. The zero-order valence-corrected chi connectivity index (χ0v) is 12.7. The molecular weight excluding hydrogens is 238 g/mol. The SMILES string of the molecule is CCC1(C(=O)N(C)CC2CCCN2C)CCNCC1. The van der Waals surface area contributed by atoms with Crippen molar-refractivity contribution < 1.29 is 4.79 Å². The second-order valence-corrected chi connectivity index (χ2v) is 6.35. The van der Waals surface area contributed by atoms with Gasteiger partial charge in [-0.25, -0.2) is 0 Å². The number of nitrogens with zero attached hydrogens (tertiary/aromatic N) is 2. The Labute approximate surface area is 117 Å². The molecule has 110 valence electrons. The number of rotatable bonds is 4. The van der Waals surface area contributed by atoms with Gasteiger partial charge in [0.15, 0.2) is 0 Å². The van der Waals surface area contributed by atoms with Gasteiger partial charge in [0.1, 0.15) is 0 Å². The molecule has 2 aliphatic heterocycles. The lowest BCUT2D eigenvalue weighted by atomic mass is 9.75. The van der Waals surface area contributed by atoms with Gasteiger partial charge in [-0.1, -0.05) is 6.92 Å². The molecule has 1 N–H and O–H groups in total. The Kier molecular flexibility index (Phi) is 4.85. The molecule has 2 aliphatic rings. The van der Waals surface area contributed by atoms with Crippen molar-refractivity contribution in [3.8, 4) is 0 Å². The topological polar surface area (TPSA) is 35.6 Å². The lowest BCUT2D eigenvalue weighted by Gasteiger charge is -2.39. The number of carbonyl (C=O) groups excluding carboxylic acids is 1. The van der Waals surface area contributed by atoms with Gasteiger partial charge in [-0.05, 0) is 58.8 Å². The molecule has 4 nitrogen and oxygen atoms in total. The fraction of sp³-hybridized carbons (Fsp3) is 0.933. The molecule has 0 radical (unpaired) electrons. The summed E-state index contributed by atoms with van der Waals surface area (Å²) in [5.41, 5.74) is -0.100. The summed E-state index contributed by atoms with van der Waals surface area (Å²) in [6.07, 6.45) is 5.46. The monoisotopic (exact) mass is 267 g/mol. The third-order valence-corrected chi connectivity index (χ3v) is 5.19. The van der Waals surface area contributed by atoms with Crippen molar-refractivity contribution in [3.05, 3.63) is 0 Å². The van der Waals surface area contributed by atoms with E-state index in [2.05, 4.69) is 24.2 Å². The van der Waals surface area contributed by atoms with Crippen molar-refractivity contribution in [1.29, 1.82) is 0 Å². The van der Waals surface area contributed by atoms with Crippen LogP contribution >= 0.6 is 0 Å². The van der Waals surface area contributed by atoms with Crippen LogP contribution in [0.5, 0.6) is 0 Å². The molecule has 0 aromatic carbocycles. The molecule has 0 aromatic rings. The van der Waals surface area contributed by atoms with Crippen LogP contribution in [0.15, 0.2) is 0 Å². The highest BCUT2D eigenvalue weighted by atomic mass is 16.2. The summed E-state index contributed by atoms with van der Waals surface area (Å²) in [7, 11) is 4.17. The van der Waals surface area contributed by atoms with E-state index in [4.69, 9.17) is 0 Å². The molecule has 1 amide bonds. The number of amides is 1. The van der Waals surface area contributed by atoms with E-state index >= 15 is 0 Å². The zero-order valence-electron chi connectivity index (χ0n) is 12.7. The van der Waals surface area contributed by atoms with Gasteiger partial charge in [-0.2, -0.15) is 0 Å². The van der Waals surface area contributed by atoms with Crippen molar-refractivity contribution in [2.75, 3.05) is 40.3 Å². The maximum absolute atomic E-state index is 12.8. The van der Waals surface area contributed by atoms with E-state index in [0.29, 0.717) is 11.9 Å². The van der Waals surface area contributed by atoms with E-state index in [1.54, 1.807) is 0 Å². The van der Waals surface area contributed by atoms with Crippen molar-refractivity contribution in [1.82, 2.24) is 15.1 Å². The number of likely N-dealkylation sites (tertiary alicyclic amines) is 1. The molecule has 2 saturated heterocycles. The summed E-state index contributed by atoms with van der Waals surface area (Å²) in [5, 5.41) is 3.37. The Morgan fingerprint density at radius 1 is 1.42 bits per heavy atom. The molecule has 2 rings (SSSR count). The van der Waals surface area contributed by atoms with Crippen LogP contribution in [0, 0.1) is 5.41 Å². The molecule has 1 atom stereocenters. The van der Waals surface area contributed by atoms with Gasteiger partial charge in [0.25, 0.3) is 0 Å². The predicted octanol–water partition coefficient (Wildman–Crippen LogP) is 1.32. The highest BCUT2D eigenvalue weighted by Crippen LogP contribution is 2.34. The standard InChI is InChI=1S/C15H29N3O/c1-4-15(7-9-16-10-8-15)14(19)18(3)12-13-6-5-11-17(13)2/h13,16H,4-12H2,1-3H3. The lowest BCUT2D eigenvalue weighted by Crippen LogP contribution is -2.50. The minimum absolute atomic E-state index is 0.100. The van der Waals surface area contributed by atoms with Gasteiger partial charge in [-0.15, -0.1) is 0 Å². The zero-order chi connectivity index (χ0) is 13.9. The van der Waals surface area contributed by atoms with Crippen molar-refractivity contribution >= 4 is 5.91 Å². The Bertz CT molecular complexity index is 313. The van der Waals surface area contributed by atoms with Crippen molar-refractivity contribution in [2.24, 2.45) is 5.41 Å². The number of carbonyl (C=O) groups is 1. The van der Waals surface area contributed by atoms with Crippen LogP contribution in [0.25, 0.3) is 0 Å². The first-order valence-corrected chi connectivity index (χ1v) is 7.75. The molecule has 4 heteroatoms. The van der Waals surface area contributed by atoms with Crippen LogP contribution in [0.4, 0.5) is 0 Å². The number of hydrogen-bond acceptors (Lipinski definition) is 3. The number of piperidine rings is 1. The number of likely N-dealkylation sites (N-methyl/N-ethyl adjacent to an activating group) is 2. The Morgan fingerprint density at radius 2 is 2.11 bits per heavy atom. The fourth-order valence-corrected chi connectivity index (χ4v) is 3.64. The van der Waals surface area contributed by atoms with Crippen molar-refractivity contribution in [3.63, 3.8) is 0 Å². The summed E-state index contributed by atoms with van der Waals surface area (Å²) < 4.78 is 0. The van der Waals surface area contributed by atoms with E-state index in [1.807, 2.05) is 11.9 Å². The average Bonchev–Trinajstić information content (AvgIpc) is 2.84. The Morgan fingerprint density at radius 3 is 2.63 bits per heavy atom. The van der Waals surface area contributed by atoms with Gasteiger partial charge < -0.3 is 15.1 Å². The summed E-state index contributed by atoms with van der Waals surface area (Å²) in [6.45, 7) is 6.20. The summed E-state index contributed by atoms with van der Waals surface area (Å²) >= 11 is 0. The quantitative estimate of drug-likeness (QED) is 0.834. The van der Waals surface area contributed by atoms with Gasteiger partial charge in [0.05, 0.1) is 5.41 Å². The molecule has 0 aliphatic carbocycles. The minimum Gasteiger partial charge on any atom is -0.344 e. The van der Waals surface area contributed by atoms with E-state index in [-0.39, 0.29) is 5.41 Å². The third-order valence-electron chi connectivity index (χ3n) is 5.19. The maximum atomic E-state index is 12.8. The van der Waals surface area contributed by atoms with Crippen LogP contribution < -0.4 is 5.32 Å². The average molecular weight is 267 g/mol. The van der Waals surface area contributed by atoms with E-state index in [0.717, 1.165) is 38.9 Å². The minimum atomic E-state index is -0.100. The smallest absolute Gasteiger partial charge is 0.228 e. The normalized spacial score (nSPS) is 27.4. The molecule has 2 heterocycles. The first-order chi connectivity index (χ1) is 9.09. The van der Waals surface area contributed by atoms with E-state index in [1.165, 1.54) is 19.4 Å². The molecular formula is C15H29N3O. The molecule has 0 spiro atoms. The lowest BCUT2D eigenvalue weighted by molar-refractivity contribution is -0.143. The molecule has 0 saturated carbocycles. The fourth-order valence-electron chi connectivity index (χ4n) is 3.64. The first-order valence-electron chi connectivity index (χ1n) is 7.75. The summed E-state index contributed by atoms with van der Waals surface area (Å²) in [6, 6.07) is 0.560. The van der Waals surface area contributed by atoms with E-state index in [9.17, 15) is 4.79 Å². The first kappa shape index (κ1) is 14.8. The van der Waals surface area contributed by atoms with Gasteiger partial charge in [-0.3, -0.25) is 4.79 Å². The predicted molar refractivity (Wildman–Crippen MR) is 78.1 cm³/mol. The van der Waals surface area contributed by atoms with Crippen LogP contribution in [0.1, 0.15) is 39.0 Å². The number of nitrogens with one attached hydrogen (secondary N) is 1. The highest BCUT2D eigenvalue weighted by molar-refractivity contribution is 5.82. The van der Waals surface area contributed by atoms with Gasteiger partial charge in [0, 0.05) is 19.6 Å².